The van der Waals surface area contributed by atoms with Crippen molar-refractivity contribution in [2.24, 2.45) is 0 Å². The number of hydrogen-bond acceptors (Lipinski definition) is 2. The smallest absolute Gasteiger partial charge is 0.258 e. The standard InChI is InChI=1S/C13H14ClNO2/c1-4-5-15-12(16)8-17-13-9(2)6-11(14)7-10(13)3/h1,6-7H,5,8H2,2-3H3,(H,15,16). The van der Waals surface area contributed by atoms with Crippen molar-refractivity contribution in [2.75, 3.05) is 13.2 Å². The molecule has 0 radical (unpaired) electrons. The van der Waals surface area contributed by atoms with E-state index < -0.39 is 0 Å². The lowest BCUT2D eigenvalue weighted by molar-refractivity contribution is -0.122. The van der Waals surface area contributed by atoms with Crippen LogP contribution in [0.15, 0.2) is 12.1 Å². The molecule has 4 heteroatoms. The van der Waals surface area contributed by atoms with E-state index in [1.54, 1.807) is 12.1 Å². The number of carbonyl (C=O) groups excluding carboxylic acids is 1. The summed E-state index contributed by atoms with van der Waals surface area (Å²) in [7, 11) is 0. The summed E-state index contributed by atoms with van der Waals surface area (Å²) in [6, 6.07) is 3.59. The predicted molar refractivity (Wildman–Crippen MR) is 68.3 cm³/mol. The summed E-state index contributed by atoms with van der Waals surface area (Å²) in [6.45, 7) is 3.92. The van der Waals surface area contributed by atoms with Crippen LogP contribution < -0.4 is 10.1 Å². The van der Waals surface area contributed by atoms with Crippen molar-refractivity contribution in [1.29, 1.82) is 0 Å². The van der Waals surface area contributed by atoms with Gasteiger partial charge in [-0.1, -0.05) is 17.5 Å². The third-order valence-electron chi connectivity index (χ3n) is 2.16. The molecule has 1 aromatic carbocycles. The summed E-state index contributed by atoms with van der Waals surface area (Å²) < 4.78 is 5.44. The third kappa shape index (κ3) is 4.01. The molecule has 1 rings (SSSR count). The molecule has 0 saturated carbocycles. The van der Waals surface area contributed by atoms with E-state index in [1.807, 2.05) is 13.8 Å². The van der Waals surface area contributed by atoms with Crippen molar-refractivity contribution >= 4 is 17.5 Å². The minimum Gasteiger partial charge on any atom is -0.483 e. The molecule has 0 unspecified atom stereocenters. The fraction of sp³-hybridized carbons (Fsp3) is 0.308. The van der Waals surface area contributed by atoms with Crippen molar-refractivity contribution in [2.45, 2.75) is 13.8 Å². The highest BCUT2D eigenvalue weighted by molar-refractivity contribution is 6.30. The second-order valence-corrected chi connectivity index (χ2v) is 4.07. The minimum atomic E-state index is -0.239. The van der Waals surface area contributed by atoms with E-state index >= 15 is 0 Å². The van der Waals surface area contributed by atoms with Crippen LogP contribution in [0.4, 0.5) is 0 Å². The van der Waals surface area contributed by atoms with E-state index in [0.717, 1.165) is 11.1 Å². The topological polar surface area (TPSA) is 38.3 Å². The van der Waals surface area contributed by atoms with Crippen LogP contribution >= 0.6 is 11.6 Å². The molecule has 0 atom stereocenters. The molecule has 1 aromatic rings. The number of amides is 1. The summed E-state index contributed by atoms with van der Waals surface area (Å²) in [6.07, 6.45) is 5.03. The number of terminal acetylenes is 1. The Morgan fingerprint density at radius 3 is 2.59 bits per heavy atom. The highest BCUT2D eigenvalue weighted by Gasteiger charge is 2.08. The van der Waals surface area contributed by atoms with Crippen LogP contribution in [0.25, 0.3) is 0 Å². The van der Waals surface area contributed by atoms with Crippen molar-refractivity contribution in [1.82, 2.24) is 5.32 Å². The second kappa shape index (κ2) is 6.17. The zero-order valence-electron chi connectivity index (χ0n) is 9.84. The molecule has 0 aliphatic rings. The highest BCUT2D eigenvalue weighted by Crippen LogP contribution is 2.26. The molecule has 1 N–H and O–H groups in total. The van der Waals surface area contributed by atoms with E-state index in [4.69, 9.17) is 22.8 Å². The average Bonchev–Trinajstić information content (AvgIpc) is 2.24. The molecule has 0 heterocycles. The van der Waals surface area contributed by atoms with Crippen molar-refractivity contribution in [3.8, 4) is 18.1 Å². The fourth-order valence-corrected chi connectivity index (χ4v) is 1.79. The van der Waals surface area contributed by atoms with Gasteiger partial charge in [-0.3, -0.25) is 4.79 Å². The lowest BCUT2D eigenvalue weighted by Gasteiger charge is -2.12. The SMILES string of the molecule is C#CCNC(=O)COc1c(C)cc(Cl)cc1C. The molecule has 0 saturated heterocycles. The Hall–Kier alpha value is -1.66. The summed E-state index contributed by atoms with van der Waals surface area (Å²) in [5.41, 5.74) is 1.81. The number of hydrogen-bond donors (Lipinski definition) is 1. The number of rotatable bonds is 4. The van der Waals surface area contributed by atoms with Gasteiger partial charge in [0.25, 0.3) is 5.91 Å². The number of nitrogens with one attached hydrogen (secondary N) is 1. The number of aryl methyl sites for hydroxylation is 2. The molecule has 0 aliphatic carbocycles. The highest BCUT2D eigenvalue weighted by atomic mass is 35.5. The number of carbonyl (C=O) groups is 1. The van der Waals surface area contributed by atoms with Gasteiger partial charge in [-0.2, -0.15) is 0 Å². The van der Waals surface area contributed by atoms with Crippen molar-refractivity contribution in [3.05, 3.63) is 28.3 Å². The Bertz CT molecular complexity index is 440. The summed E-state index contributed by atoms with van der Waals surface area (Å²) >= 11 is 5.90. The van der Waals surface area contributed by atoms with Crippen LogP contribution in [-0.4, -0.2) is 19.1 Å². The first-order chi connectivity index (χ1) is 8.04. The molecular weight excluding hydrogens is 238 g/mol. The zero-order chi connectivity index (χ0) is 12.8. The summed E-state index contributed by atoms with van der Waals surface area (Å²) in [4.78, 5) is 11.3. The molecule has 90 valence electrons. The van der Waals surface area contributed by atoms with E-state index in [1.165, 1.54) is 0 Å². The van der Waals surface area contributed by atoms with Crippen molar-refractivity contribution < 1.29 is 9.53 Å². The van der Waals surface area contributed by atoms with E-state index in [2.05, 4.69) is 11.2 Å². The van der Waals surface area contributed by atoms with Gasteiger partial charge >= 0.3 is 0 Å². The molecule has 0 bridgehead atoms. The third-order valence-corrected chi connectivity index (χ3v) is 2.38. The maximum atomic E-state index is 11.3. The van der Waals surface area contributed by atoms with Gasteiger partial charge in [0.2, 0.25) is 0 Å². The second-order valence-electron chi connectivity index (χ2n) is 3.64. The van der Waals surface area contributed by atoms with Crippen LogP contribution in [0.5, 0.6) is 5.75 Å². The first-order valence-corrected chi connectivity index (χ1v) is 5.52. The Labute approximate surface area is 106 Å². The van der Waals surface area contributed by atoms with Crippen LogP contribution in [0.2, 0.25) is 5.02 Å². The van der Waals surface area contributed by atoms with Gasteiger partial charge in [0.05, 0.1) is 6.54 Å². The van der Waals surface area contributed by atoms with E-state index in [-0.39, 0.29) is 19.1 Å². The molecule has 3 nitrogen and oxygen atoms in total. The fourth-order valence-electron chi connectivity index (χ4n) is 1.46. The molecule has 1 amide bonds. The van der Waals surface area contributed by atoms with Gasteiger partial charge in [-0.05, 0) is 37.1 Å². The Morgan fingerprint density at radius 2 is 2.06 bits per heavy atom. The molecule has 17 heavy (non-hydrogen) atoms. The monoisotopic (exact) mass is 251 g/mol. The maximum Gasteiger partial charge on any atom is 0.258 e. The molecule has 0 spiro atoms. The quantitative estimate of drug-likeness (QED) is 0.833. The first kappa shape index (κ1) is 13.4. The van der Waals surface area contributed by atoms with Gasteiger partial charge in [0.15, 0.2) is 6.61 Å². The number of halogens is 1. The Morgan fingerprint density at radius 1 is 1.47 bits per heavy atom. The molecule has 0 aromatic heterocycles. The normalized spacial score (nSPS) is 9.53. The average molecular weight is 252 g/mol. The van der Waals surface area contributed by atoms with Crippen molar-refractivity contribution in [3.63, 3.8) is 0 Å². The van der Waals surface area contributed by atoms with Crippen LogP contribution in [0.3, 0.4) is 0 Å². The predicted octanol–water partition coefficient (Wildman–Crippen LogP) is 2.09. The number of ether oxygens (including phenoxy) is 1. The molecule has 0 aliphatic heterocycles. The van der Waals surface area contributed by atoms with Crippen LogP contribution in [-0.2, 0) is 4.79 Å². The Balaban J connectivity index is 2.64. The zero-order valence-corrected chi connectivity index (χ0v) is 10.6. The van der Waals surface area contributed by atoms with Gasteiger partial charge < -0.3 is 10.1 Å². The van der Waals surface area contributed by atoms with Gasteiger partial charge in [0.1, 0.15) is 5.75 Å². The van der Waals surface area contributed by atoms with Gasteiger partial charge in [0, 0.05) is 5.02 Å². The maximum absolute atomic E-state index is 11.3. The minimum absolute atomic E-state index is 0.0506. The molecule has 0 fully saturated rings. The van der Waals surface area contributed by atoms with Crippen LogP contribution in [0.1, 0.15) is 11.1 Å². The first-order valence-electron chi connectivity index (χ1n) is 5.14. The Kier molecular flexibility index (Phi) is 4.86. The lowest BCUT2D eigenvalue weighted by Crippen LogP contribution is -2.29. The van der Waals surface area contributed by atoms with Crippen LogP contribution in [0, 0.1) is 26.2 Å². The largest absolute Gasteiger partial charge is 0.483 e. The van der Waals surface area contributed by atoms with E-state index in [9.17, 15) is 4.79 Å². The number of benzene rings is 1. The lowest BCUT2D eigenvalue weighted by atomic mass is 10.1. The van der Waals surface area contributed by atoms with Gasteiger partial charge in [-0.25, -0.2) is 0 Å². The summed E-state index contributed by atoms with van der Waals surface area (Å²) in [5.74, 6) is 2.77. The molecular formula is C13H14ClNO2. The summed E-state index contributed by atoms with van der Waals surface area (Å²) in [5, 5.41) is 3.18. The van der Waals surface area contributed by atoms with Gasteiger partial charge in [-0.15, -0.1) is 6.42 Å². The van der Waals surface area contributed by atoms with E-state index in [0.29, 0.717) is 10.8 Å².